The second-order valence-electron chi connectivity index (χ2n) is 6.56. The van der Waals surface area contributed by atoms with Gasteiger partial charge >= 0.3 is 5.69 Å². The standard InChI is InChI=1S/C21H19N3O5/c1-14-3-6-17(11-15(14)2)22-13-16-4-8-19(9-5-16)29-21-10-7-18(23(25)26)12-20(21)24(27)28/h3-12,22H,13H2,1-2H3. The van der Waals surface area contributed by atoms with E-state index in [9.17, 15) is 20.2 Å². The molecule has 0 bridgehead atoms. The number of non-ortho nitro benzene ring substituents is 1. The molecule has 8 nitrogen and oxygen atoms in total. The van der Waals surface area contributed by atoms with Gasteiger partial charge in [0.05, 0.1) is 15.9 Å². The first kappa shape index (κ1) is 19.8. The number of nitrogens with one attached hydrogen (secondary N) is 1. The molecule has 3 rings (SSSR count). The van der Waals surface area contributed by atoms with E-state index < -0.39 is 15.5 Å². The van der Waals surface area contributed by atoms with Crippen LogP contribution in [0.25, 0.3) is 0 Å². The minimum Gasteiger partial charge on any atom is -0.450 e. The van der Waals surface area contributed by atoms with Crippen molar-refractivity contribution in [1.29, 1.82) is 0 Å². The predicted molar refractivity (Wildman–Crippen MR) is 110 cm³/mol. The predicted octanol–water partition coefficient (Wildman–Crippen LogP) is 5.52. The highest BCUT2D eigenvalue weighted by Crippen LogP contribution is 2.34. The molecule has 0 heterocycles. The Morgan fingerprint density at radius 1 is 0.862 bits per heavy atom. The number of anilines is 1. The third-order valence-electron chi connectivity index (χ3n) is 4.50. The molecule has 0 amide bonds. The average molecular weight is 393 g/mol. The monoisotopic (exact) mass is 393 g/mol. The number of nitrogens with zero attached hydrogens (tertiary/aromatic N) is 2. The van der Waals surface area contributed by atoms with Gasteiger partial charge in [-0.3, -0.25) is 20.2 Å². The van der Waals surface area contributed by atoms with Gasteiger partial charge in [-0.1, -0.05) is 18.2 Å². The molecule has 0 aliphatic rings. The van der Waals surface area contributed by atoms with Gasteiger partial charge in [-0.05, 0) is 60.9 Å². The summed E-state index contributed by atoms with van der Waals surface area (Å²) in [6.07, 6.45) is 0. The topological polar surface area (TPSA) is 108 Å². The molecular formula is C21H19N3O5. The fraction of sp³-hybridized carbons (Fsp3) is 0.143. The maximum Gasteiger partial charge on any atom is 0.318 e. The maximum absolute atomic E-state index is 11.2. The number of nitro benzene ring substituents is 2. The fourth-order valence-corrected chi connectivity index (χ4v) is 2.71. The number of ether oxygens (including phenoxy) is 1. The van der Waals surface area contributed by atoms with Gasteiger partial charge in [-0.25, -0.2) is 0 Å². The molecule has 0 radical (unpaired) electrons. The van der Waals surface area contributed by atoms with Crippen LogP contribution in [0.2, 0.25) is 0 Å². The van der Waals surface area contributed by atoms with Crippen molar-refractivity contribution in [1.82, 2.24) is 0 Å². The van der Waals surface area contributed by atoms with E-state index in [1.807, 2.05) is 18.2 Å². The number of hydrogen-bond acceptors (Lipinski definition) is 6. The Labute approximate surface area is 167 Å². The number of rotatable bonds is 7. The highest BCUT2D eigenvalue weighted by atomic mass is 16.6. The molecule has 8 heteroatoms. The molecule has 0 unspecified atom stereocenters. The van der Waals surface area contributed by atoms with Crippen LogP contribution < -0.4 is 10.1 Å². The number of aryl methyl sites for hydroxylation is 2. The Hall–Kier alpha value is -3.94. The largest absolute Gasteiger partial charge is 0.450 e. The minimum atomic E-state index is -0.704. The lowest BCUT2D eigenvalue weighted by Gasteiger charge is -2.10. The molecule has 29 heavy (non-hydrogen) atoms. The van der Waals surface area contributed by atoms with Crippen molar-refractivity contribution in [2.24, 2.45) is 0 Å². The van der Waals surface area contributed by atoms with E-state index in [1.165, 1.54) is 23.3 Å². The highest BCUT2D eigenvalue weighted by Gasteiger charge is 2.21. The Morgan fingerprint density at radius 3 is 2.21 bits per heavy atom. The Morgan fingerprint density at radius 2 is 1.59 bits per heavy atom. The molecule has 0 atom stereocenters. The van der Waals surface area contributed by atoms with Crippen LogP contribution in [0.4, 0.5) is 17.1 Å². The first-order valence-corrected chi connectivity index (χ1v) is 8.84. The lowest BCUT2D eigenvalue weighted by atomic mass is 10.1. The van der Waals surface area contributed by atoms with Crippen LogP contribution in [0.1, 0.15) is 16.7 Å². The second-order valence-corrected chi connectivity index (χ2v) is 6.56. The molecule has 0 spiro atoms. The molecule has 0 saturated carbocycles. The lowest BCUT2D eigenvalue weighted by molar-refractivity contribution is -0.394. The Bertz CT molecular complexity index is 1060. The molecule has 0 aromatic heterocycles. The van der Waals surface area contributed by atoms with Crippen molar-refractivity contribution in [3.05, 3.63) is 97.6 Å². The number of benzene rings is 3. The third-order valence-corrected chi connectivity index (χ3v) is 4.50. The van der Waals surface area contributed by atoms with Crippen LogP contribution in [0.15, 0.2) is 60.7 Å². The molecular weight excluding hydrogens is 374 g/mol. The van der Waals surface area contributed by atoms with E-state index >= 15 is 0 Å². The Kier molecular flexibility index (Phi) is 5.73. The van der Waals surface area contributed by atoms with Gasteiger partial charge in [0.15, 0.2) is 0 Å². The van der Waals surface area contributed by atoms with Crippen molar-refractivity contribution >= 4 is 17.1 Å². The van der Waals surface area contributed by atoms with Gasteiger partial charge in [-0.15, -0.1) is 0 Å². The first-order valence-electron chi connectivity index (χ1n) is 8.84. The molecule has 0 saturated heterocycles. The molecule has 0 fully saturated rings. The molecule has 148 valence electrons. The van der Waals surface area contributed by atoms with Gasteiger partial charge < -0.3 is 10.1 Å². The SMILES string of the molecule is Cc1ccc(NCc2ccc(Oc3ccc([N+](=O)[O-])cc3[N+](=O)[O-])cc2)cc1C. The van der Waals surface area contributed by atoms with Crippen LogP contribution >= 0.6 is 0 Å². The highest BCUT2D eigenvalue weighted by molar-refractivity contribution is 5.55. The Balaban J connectivity index is 1.69. The summed E-state index contributed by atoms with van der Waals surface area (Å²) in [6.45, 7) is 4.73. The van der Waals surface area contributed by atoms with E-state index in [-0.39, 0.29) is 11.4 Å². The van der Waals surface area contributed by atoms with Crippen molar-refractivity contribution in [3.63, 3.8) is 0 Å². The van der Waals surface area contributed by atoms with E-state index in [2.05, 4.69) is 31.3 Å². The fourth-order valence-electron chi connectivity index (χ4n) is 2.71. The summed E-state index contributed by atoms with van der Waals surface area (Å²) in [5, 5.41) is 25.4. The minimum absolute atomic E-state index is 0.0541. The molecule has 3 aromatic carbocycles. The zero-order valence-electron chi connectivity index (χ0n) is 15.9. The summed E-state index contributed by atoms with van der Waals surface area (Å²) in [7, 11) is 0. The van der Waals surface area contributed by atoms with Crippen molar-refractivity contribution in [2.75, 3.05) is 5.32 Å². The van der Waals surface area contributed by atoms with E-state index in [0.29, 0.717) is 12.3 Å². The van der Waals surface area contributed by atoms with Crippen molar-refractivity contribution in [3.8, 4) is 11.5 Å². The van der Waals surface area contributed by atoms with Crippen LogP contribution in [-0.2, 0) is 6.54 Å². The second kappa shape index (κ2) is 8.39. The number of nitro groups is 2. The molecule has 0 aliphatic heterocycles. The van der Waals surface area contributed by atoms with Gasteiger partial charge in [0.2, 0.25) is 5.75 Å². The van der Waals surface area contributed by atoms with Crippen LogP contribution in [0.5, 0.6) is 11.5 Å². The maximum atomic E-state index is 11.2. The lowest BCUT2D eigenvalue weighted by Crippen LogP contribution is -2.00. The molecule has 0 aliphatic carbocycles. The summed E-state index contributed by atoms with van der Waals surface area (Å²) < 4.78 is 5.57. The summed E-state index contributed by atoms with van der Waals surface area (Å²) >= 11 is 0. The third kappa shape index (κ3) is 4.86. The van der Waals surface area contributed by atoms with E-state index in [4.69, 9.17) is 4.74 Å². The normalized spacial score (nSPS) is 10.4. The van der Waals surface area contributed by atoms with Gasteiger partial charge in [0.25, 0.3) is 5.69 Å². The average Bonchev–Trinajstić information content (AvgIpc) is 2.70. The first-order chi connectivity index (χ1) is 13.8. The van der Waals surface area contributed by atoms with Crippen molar-refractivity contribution < 1.29 is 14.6 Å². The van der Waals surface area contributed by atoms with Crippen LogP contribution in [-0.4, -0.2) is 9.85 Å². The van der Waals surface area contributed by atoms with E-state index in [1.54, 1.807) is 12.1 Å². The van der Waals surface area contributed by atoms with Gasteiger partial charge in [0.1, 0.15) is 5.75 Å². The summed E-state index contributed by atoms with van der Waals surface area (Å²) in [6, 6.07) is 16.5. The van der Waals surface area contributed by atoms with Crippen LogP contribution in [0.3, 0.4) is 0 Å². The van der Waals surface area contributed by atoms with Gasteiger partial charge in [0, 0.05) is 18.3 Å². The molecule has 3 aromatic rings. The molecule has 1 N–H and O–H groups in total. The zero-order valence-corrected chi connectivity index (χ0v) is 15.9. The number of hydrogen-bond donors (Lipinski definition) is 1. The van der Waals surface area contributed by atoms with Gasteiger partial charge in [-0.2, -0.15) is 0 Å². The van der Waals surface area contributed by atoms with Crippen molar-refractivity contribution in [2.45, 2.75) is 20.4 Å². The summed E-state index contributed by atoms with van der Waals surface area (Å²) in [5.41, 5.74) is 3.65. The van der Waals surface area contributed by atoms with E-state index in [0.717, 1.165) is 17.3 Å². The van der Waals surface area contributed by atoms with Crippen LogP contribution in [0, 0.1) is 34.1 Å². The quantitative estimate of drug-likeness (QED) is 0.418. The zero-order chi connectivity index (χ0) is 21.0. The smallest absolute Gasteiger partial charge is 0.318 e. The summed E-state index contributed by atoms with van der Waals surface area (Å²) in [5.74, 6) is 0.346. The summed E-state index contributed by atoms with van der Waals surface area (Å²) in [4.78, 5) is 20.6.